The number of benzene rings is 2. The van der Waals surface area contributed by atoms with Gasteiger partial charge in [0, 0.05) is 31.7 Å². The molecular formula is C24H27N5O4. The fourth-order valence-corrected chi connectivity index (χ4v) is 4.31. The minimum Gasteiger partial charge on any atom is -0.496 e. The van der Waals surface area contributed by atoms with Crippen molar-refractivity contribution in [2.24, 2.45) is 5.92 Å². The van der Waals surface area contributed by atoms with Gasteiger partial charge in [-0.05, 0) is 30.5 Å². The highest BCUT2D eigenvalue weighted by Crippen LogP contribution is 2.33. The van der Waals surface area contributed by atoms with Crippen LogP contribution in [0.15, 0.2) is 53.3 Å². The minimum atomic E-state index is -0.540. The number of hydrogen-bond donors (Lipinski definition) is 2. The van der Waals surface area contributed by atoms with E-state index in [-0.39, 0.29) is 18.3 Å². The molecule has 1 saturated heterocycles. The smallest absolute Gasteiger partial charge is 0.341 e. The van der Waals surface area contributed by atoms with Crippen LogP contribution in [0.3, 0.4) is 0 Å². The number of methoxy groups -OCH3 is 1. The van der Waals surface area contributed by atoms with Crippen LogP contribution < -0.4 is 10.4 Å². The summed E-state index contributed by atoms with van der Waals surface area (Å²) in [5.41, 5.74) is 2.40. The highest BCUT2D eigenvalue weighted by molar-refractivity contribution is 5.91. The largest absolute Gasteiger partial charge is 0.496 e. The first-order valence-corrected chi connectivity index (χ1v) is 11.0. The molecule has 0 spiro atoms. The second kappa shape index (κ2) is 9.72. The number of para-hydroxylation sites is 1. The van der Waals surface area contributed by atoms with Crippen LogP contribution in [0, 0.1) is 5.92 Å². The summed E-state index contributed by atoms with van der Waals surface area (Å²) in [5.74, 6) is -0.115. The monoisotopic (exact) mass is 449 g/mol. The van der Waals surface area contributed by atoms with Gasteiger partial charge in [-0.1, -0.05) is 42.5 Å². The Kier molecular flexibility index (Phi) is 6.58. The minimum absolute atomic E-state index is 0.0122. The van der Waals surface area contributed by atoms with Gasteiger partial charge in [0.1, 0.15) is 5.75 Å². The van der Waals surface area contributed by atoms with Gasteiger partial charge in [-0.2, -0.15) is 0 Å². The van der Waals surface area contributed by atoms with E-state index in [1.54, 1.807) is 16.9 Å². The molecule has 0 radical (unpaired) electrons. The molecule has 0 aliphatic carbocycles. The third-order valence-corrected chi connectivity index (χ3v) is 6.00. The lowest BCUT2D eigenvalue weighted by atomic mass is 9.91. The summed E-state index contributed by atoms with van der Waals surface area (Å²) >= 11 is 0. The number of carbonyl (C=O) groups is 2. The number of hydrogen-bond acceptors (Lipinski definition) is 5. The molecule has 2 aromatic carbocycles. The highest BCUT2D eigenvalue weighted by Gasteiger charge is 2.33. The molecule has 9 heteroatoms. The van der Waals surface area contributed by atoms with Gasteiger partial charge in [-0.15, -0.1) is 5.10 Å². The Morgan fingerprint density at radius 3 is 2.52 bits per heavy atom. The second-order valence-electron chi connectivity index (χ2n) is 7.95. The van der Waals surface area contributed by atoms with E-state index in [4.69, 9.17) is 4.74 Å². The zero-order chi connectivity index (χ0) is 23.4. The van der Waals surface area contributed by atoms with Crippen molar-refractivity contribution < 1.29 is 14.3 Å². The van der Waals surface area contributed by atoms with Gasteiger partial charge in [0.25, 0.3) is 5.91 Å². The van der Waals surface area contributed by atoms with E-state index >= 15 is 0 Å². The maximum Gasteiger partial charge on any atom is 0.341 e. The normalized spacial score (nSPS) is 16.5. The Morgan fingerprint density at radius 2 is 1.82 bits per heavy atom. The Labute approximate surface area is 191 Å². The molecule has 3 aromatic rings. The molecule has 1 aliphatic heterocycles. The number of nitrogens with zero attached hydrogens (tertiary/aromatic N) is 3. The summed E-state index contributed by atoms with van der Waals surface area (Å²) in [6.45, 7) is 3.53. The molecule has 33 heavy (non-hydrogen) atoms. The molecule has 1 aliphatic rings. The first-order valence-electron chi connectivity index (χ1n) is 11.0. The predicted molar refractivity (Wildman–Crippen MR) is 123 cm³/mol. The van der Waals surface area contributed by atoms with Gasteiger partial charge in [0.15, 0.2) is 0 Å². The molecule has 0 bridgehead atoms. The van der Waals surface area contributed by atoms with Gasteiger partial charge in [0.2, 0.25) is 11.7 Å². The van der Waals surface area contributed by atoms with Crippen LogP contribution >= 0.6 is 0 Å². The summed E-state index contributed by atoms with van der Waals surface area (Å²) in [7, 11) is 1.64. The van der Waals surface area contributed by atoms with Crippen LogP contribution in [0.1, 0.15) is 23.1 Å². The van der Waals surface area contributed by atoms with E-state index in [2.05, 4.69) is 15.2 Å². The predicted octanol–water partition coefficient (Wildman–Crippen LogP) is 1.94. The van der Waals surface area contributed by atoms with Crippen molar-refractivity contribution >= 4 is 11.8 Å². The molecular weight excluding hydrogens is 422 g/mol. The van der Waals surface area contributed by atoms with Gasteiger partial charge < -0.3 is 14.5 Å². The fourth-order valence-electron chi connectivity index (χ4n) is 4.31. The molecule has 2 N–H and O–H groups in total. The number of ether oxygens (including phenoxy) is 1. The number of rotatable bonds is 6. The zero-order valence-electron chi connectivity index (χ0n) is 18.7. The Bertz CT molecular complexity index is 1200. The van der Waals surface area contributed by atoms with Crippen molar-refractivity contribution in [1.29, 1.82) is 0 Å². The van der Waals surface area contributed by atoms with Crippen LogP contribution in [0.5, 0.6) is 5.75 Å². The maximum atomic E-state index is 13.3. The number of amides is 2. The quantitative estimate of drug-likeness (QED) is 0.597. The standard InChI is InChI=1S/C24H27N5O4/c1-3-28-12-13-29(23(31)21-25-24(32)27-26-21)15-17(22(28)30)14-16-8-4-5-9-18(16)19-10-6-7-11-20(19)33-2/h4-11,17H,3,12-15H2,1-2H3,(H2,25,26,27,32)/t17-/m0/s1. The Balaban J connectivity index is 1.66. The number of carbonyl (C=O) groups excluding carboxylic acids is 2. The van der Waals surface area contributed by atoms with Crippen molar-refractivity contribution in [3.63, 3.8) is 0 Å². The molecule has 0 saturated carbocycles. The van der Waals surface area contributed by atoms with Crippen LogP contribution in [0.25, 0.3) is 11.1 Å². The van der Waals surface area contributed by atoms with Crippen LogP contribution in [-0.2, 0) is 11.2 Å². The molecule has 4 rings (SSSR count). The van der Waals surface area contributed by atoms with Gasteiger partial charge >= 0.3 is 5.69 Å². The average Bonchev–Trinajstić information content (AvgIpc) is 3.22. The number of H-pyrrole nitrogens is 2. The van der Waals surface area contributed by atoms with Crippen LogP contribution in [-0.4, -0.2) is 70.1 Å². The molecule has 9 nitrogen and oxygen atoms in total. The highest BCUT2D eigenvalue weighted by atomic mass is 16.5. The van der Waals surface area contributed by atoms with E-state index in [1.165, 1.54) is 0 Å². The number of nitrogens with one attached hydrogen (secondary N) is 2. The van der Waals surface area contributed by atoms with Crippen molar-refractivity contribution in [3.05, 3.63) is 70.4 Å². The Morgan fingerprint density at radius 1 is 1.09 bits per heavy atom. The molecule has 2 heterocycles. The van der Waals surface area contributed by atoms with Crippen molar-refractivity contribution in [1.82, 2.24) is 25.0 Å². The lowest BCUT2D eigenvalue weighted by Crippen LogP contribution is -2.38. The van der Waals surface area contributed by atoms with Crippen LogP contribution in [0.4, 0.5) is 0 Å². The van der Waals surface area contributed by atoms with Gasteiger partial charge in [-0.25, -0.2) is 9.89 Å². The maximum absolute atomic E-state index is 13.3. The number of aromatic nitrogens is 3. The van der Waals surface area contributed by atoms with Crippen molar-refractivity contribution in [2.75, 3.05) is 33.3 Å². The van der Waals surface area contributed by atoms with Gasteiger partial charge in [0.05, 0.1) is 13.0 Å². The average molecular weight is 450 g/mol. The first kappa shape index (κ1) is 22.3. The molecule has 1 atom stereocenters. The van der Waals surface area contributed by atoms with Gasteiger partial charge in [-0.3, -0.25) is 14.6 Å². The first-order chi connectivity index (χ1) is 16.0. The van der Waals surface area contributed by atoms with E-state index in [0.717, 1.165) is 22.4 Å². The summed E-state index contributed by atoms with van der Waals surface area (Å²) in [6.07, 6.45) is 0.463. The van der Waals surface area contributed by atoms with E-state index in [9.17, 15) is 14.4 Å². The summed E-state index contributed by atoms with van der Waals surface area (Å²) < 4.78 is 5.55. The van der Waals surface area contributed by atoms with E-state index in [1.807, 2.05) is 55.5 Å². The fraction of sp³-hybridized carbons (Fsp3) is 0.333. The van der Waals surface area contributed by atoms with Crippen molar-refractivity contribution in [2.45, 2.75) is 13.3 Å². The molecule has 1 fully saturated rings. The molecule has 0 unspecified atom stereocenters. The zero-order valence-corrected chi connectivity index (χ0v) is 18.7. The molecule has 172 valence electrons. The SMILES string of the molecule is CCN1CCN(C(=O)c2n[nH]c(=O)[nH]2)C[C@H](Cc2ccccc2-c2ccccc2OC)C1=O. The third kappa shape index (κ3) is 4.67. The Hall–Kier alpha value is -3.88. The lowest BCUT2D eigenvalue weighted by molar-refractivity contribution is -0.134. The lowest BCUT2D eigenvalue weighted by Gasteiger charge is -2.24. The second-order valence-corrected chi connectivity index (χ2v) is 7.95. The molecule has 2 amide bonds. The topological polar surface area (TPSA) is 111 Å². The van der Waals surface area contributed by atoms with E-state index in [0.29, 0.717) is 26.1 Å². The number of aromatic amines is 2. The summed E-state index contributed by atoms with van der Waals surface area (Å²) in [5, 5.41) is 5.99. The van der Waals surface area contributed by atoms with Crippen molar-refractivity contribution in [3.8, 4) is 16.9 Å². The summed E-state index contributed by atoms with van der Waals surface area (Å²) in [4.78, 5) is 43.5. The summed E-state index contributed by atoms with van der Waals surface area (Å²) in [6, 6.07) is 15.7. The third-order valence-electron chi connectivity index (χ3n) is 6.00. The van der Waals surface area contributed by atoms with E-state index < -0.39 is 17.5 Å². The van der Waals surface area contributed by atoms with Crippen LogP contribution in [0.2, 0.25) is 0 Å². The molecule has 1 aromatic heterocycles. The number of likely N-dealkylation sites (N-methyl/N-ethyl adjacent to an activating group) is 1.